The highest BCUT2D eigenvalue weighted by atomic mass is 16.5. The number of rotatable bonds is 24. The fraction of sp³-hybridized carbons (Fsp3) is 0.700. The molecule has 1 rings (SSSR count). The smallest absolute Gasteiger partial charge is 0.312 e. The number of amides is 3. The lowest BCUT2D eigenvalue weighted by Gasteiger charge is -2.30. The number of carbonyl (C=O) groups is 6. The number of benzene rings is 1. The van der Waals surface area contributed by atoms with Crippen LogP contribution in [0.25, 0.3) is 0 Å². The van der Waals surface area contributed by atoms with E-state index in [4.69, 9.17) is 7.10 Å². The van der Waals surface area contributed by atoms with Crippen molar-refractivity contribution < 1.29 is 34.9 Å². The Balaban J connectivity index is 2.73. The molecule has 0 radical (unpaired) electrons. The SMILES string of the molecule is [2H]C(=O)OCc1ccc(CC(=O)[C@H](CCCNC(N)=O)NC(=O)[C@@H](CC(=O)CCCCCCC(=O)C(CC(C)(C)C)CC(C)(C)C)C(C)C)cc1. The Morgan fingerprint density at radius 1 is 0.840 bits per heavy atom. The normalized spacial score (nSPS) is 13.4. The van der Waals surface area contributed by atoms with Crippen LogP contribution in [0.15, 0.2) is 24.3 Å². The maximum absolute atomic E-state index is 13.5. The van der Waals surface area contributed by atoms with E-state index in [0.717, 1.165) is 32.1 Å². The number of hydrogen-bond donors (Lipinski definition) is 3. The number of urea groups is 1. The molecule has 0 aliphatic carbocycles. The second kappa shape index (κ2) is 22.3. The molecule has 0 aromatic heterocycles. The van der Waals surface area contributed by atoms with Crippen LogP contribution in [0.4, 0.5) is 4.79 Å². The predicted octanol–water partition coefficient (Wildman–Crippen LogP) is 7.03. The summed E-state index contributed by atoms with van der Waals surface area (Å²) in [4.78, 5) is 74.9. The summed E-state index contributed by atoms with van der Waals surface area (Å²) in [6.07, 6.45) is 5.58. The number of ketones is 3. The monoisotopic (exact) mass is 700 g/mol. The fourth-order valence-corrected chi connectivity index (χ4v) is 6.24. The summed E-state index contributed by atoms with van der Waals surface area (Å²) in [6, 6.07) is 5.35. The van der Waals surface area contributed by atoms with E-state index >= 15 is 0 Å². The minimum absolute atomic E-state index is 0.0000608. The standard InChI is InChI=1S/C40H65N3O7/c1-28(2)33(23-32(45)14-11-9-10-12-16-35(46)31(24-39(3,4)5)25-40(6,7)8)37(48)43-34(15-13-21-42-38(41)49)36(47)22-29-17-19-30(20-18-29)26-50-27-44/h17-20,27-28,31,33-34H,9-16,21-26H2,1-8H3,(H,43,48)(H3,41,42,49)/t33-,34-/m0/s1/i27D. The van der Waals surface area contributed by atoms with Crippen molar-refractivity contribution in [1.82, 2.24) is 10.6 Å². The molecule has 1 aromatic rings. The van der Waals surface area contributed by atoms with Crippen molar-refractivity contribution in [2.24, 2.45) is 34.3 Å². The molecule has 0 spiro atoms. The molecule has 0 heterocycles. The first-order chi connectivity index (χ1) is 23.7. The van der Waals surface area contributed by atoms with E-state index in [1.54, 1.807) is 24.3 Å². The third-order valence-electron chi connectivity index (χ3n) is 8.76. The van der Waals surface area contributed by atoms with Crippen molar-refractivity contribution in [3.8, 4) is 0 Å². The van der Waals surface area contributed by atoms with Crippen LogP contribution >= 0.6 is 0 Å². The maximum Gasteiger partial charge on any atom is 0.312 e. The van der Waals surface area contributed by atoms with Crippen LogP contribution in [0, 0.1) is 28.6 Å². The summed E-state index contributed by atoms with van der Waals surface area (Å²) in [6.45, 7) is 17.0. The van der Waals surface area contributed by atoms with E-state index < -0.39 is 24.4 Å². The van der Waals surface area contributed by atoms with Crippen LogP contribution < -0.4 is 16.4 Å². The Hall–Kier alpha value is -3.56. The minimum atomic E-state index is -1.13. The van der Waals surface area contributed by atoms with Crippen LogP contribution in [0.1, 0.15) is 139 Å². The molecule has 282 valence electrons. The van der Waals surface area contributed by atoms with Gasteiger partial charge in [-0.1, -0.05) is 92.5 Å². The van der Waals surface area contributed by atoms with E-state index in [1.807, 2.05) is 13.8 Å². The summed E-state index contributed by atoms with van der Waals surface area (Å²) in [5.74, 6) is -0.907. The quantitative estimate of drug-likeness (QED) is 0.0770. The molecule has 0 aliphatic heterocycles. The topological polar surface area (TPSA) is 162 Å². The first-order valence-electron chi connectivity index (χ1n) is 18.8. The van der Waals surface area contributed by atoms with Gasteiger partial charge in [-0.3, -0.25) is 24.0 Å². The van der Waals surface area contributed by atoms with Gasteiger partial charge in [-0.05, 0) is 66.4 Å². The second-order valence-corrected chi connectivity index (χ2v) is 16.5. The van der Waals surface area contributed by atoms with E-state index in [-0.39, 0.29) is 72.6 Å². The molecule has 50 heavy (non-hydrogen) atoms. The van der Waals surface area contributed by atoms with Crippen molar-refractivity contribution in [1.29, 1.82) is 0 Å². The van der Waals surface area contributed by atoms with Crippen LogP contribution in [0.3, 0.4) is 0 Å². The molecular formula is C40H65N3O7. The van der Waals surface area contributed by atoms with Gasteiger partial charge in [0.05, 0.1) is 6.04 Å². The van der Waals surface area contributed by atoms with Crippen LogP contribution in [-0.4, -0.2) is 48.3 Å². The summed E-state index contributed by atoms with van der Waals surface area (Å²) in [5.41, 5.74) is 6.72. The molecule has 10 nitrogen and oxygen atoms in total. The number of primary amides is 1. The van der Waals surface area contributed by atoms with Gasteiger partial charge in [0.15, 0.2) is 7.15 Å². The zero-order chi connectivity index (χ0) is 38.8. The first-order valence-corrected chi connectivity index (χ1v) is 18.3. The fourth-order valence-electron chi connectivity index (χ4n) is 6.24. The summed E-state index contributed by atoms with van der Waals surface area (Å²) < 4.78 is 11.6. The van der Waals surface area contributed by atoms with Gasteiger partial charge in [0.25, 0.3) is 6.45 Å². The third-order valence-corrected chi connectivity index (χ3v) is 8.76. The molecular weight excluding hydrogens is 634 g/mol. The Morgan fingerprint density at radius 3 is 1.92 bits per heavy atom. The van der Waals surface area contributed by atoms with Gasteiger partial charge in [-0.25, -0.2) is 4.79 Å². The van der Waals surface area contributed by atoms with Gasteiger partial charge < -0.3 is 21.1 Å². The van der Waals surface area contributed by atoms with Crippen molar-refractivity contribution in [2.75, 3.05) is 6.54 Å². The van der Waals surface area contributed by atoms with Gasteiger partial charge >= 0.3 is 6.03 Å². The van der Waals surface area contributed by atoms with Gasteiger partial charge in [0.1, 0.15) is 18.2 Å². The molecule has 0 aliphatic rings. The van der Waals surface area contributed by atoms with Crippen LogP contribution in [0.2, 0.25) is 0 Å². The van der Waals surface area contributed by atoms with E-state index in [0.29, 0.717) is 42.6 Å². The average Bonchev–Trinajstić information content (AvgIpc) is 3.00. The molecule has 10 heteroatoms. The molecule has 1 aromatic carbocycles. The molecule has 3 amide bonds. The largest absolute Gasteiger partial charge is 0.463 e. The number of Topliss-reactive ketones (excluding diaryl/α,β-unsaturated/α-hetero) is 3. The molecule has 0 saturated carbocycles. The number of ether oxygens (including phenoxy) is 1. The molecule has 0 fully saturated rings. The van der Waals surface area contributed by atoms with Crippen molar-refractivity contribution in [2.45, 2.75) is 145 Å². The predicted molar refractivity (Wildman–Crippen MR) is 197 cm³/mol. The maximum atomic E-state index is 13.5. The number of unbranched alkanes of at least 4 members (excludes halogenated alkanes) is 3. The highest BCUT2D eigenvalue weighted by molar-refractivity contribution is 5.92. The summed E-state index contributed by atoms with van der Waals surface area (Å²) in [5, 5.41) is 5.39. The van der Waals surface area contributed by atoms with Crippen LogP contribution in [0.5, 0.6) is 0 Å². The average molecular weight is 701 g/mol. The number of hydrogen-bond acceptors (Lipinski definition) is 7. The van der Waals surface area contributed by atoms with Gasteiger partial charge in [0.2, 0.25) is 5.91 Å². The van der Waals surface area contributed by atoms with Gasteiger partial charge in [-0.15, -0.1) is 0 Å². The lowest BCUT2D eigenvalue weighted by atomic mass is 9.74. The number of carbonyl (C=O) groups excluding carboxylic acids is 6. The highest BCUT2D eigenvalue weighted by Crippen LogP contribution is 2.34. The van der Waals surface area contributed by atoms with Crippen LogP contribution in [-0.2, 0) is 41.7 Å². The van der Waals surface area contributed by atoms with Crippen molar-refractivity contribution in [3.05, 3.63) is 35.4 Å². The Kier molecular flexibility index (Phi) is 19.0. The van der Waals surface area contributed by atoms with Gasteiger partial charge in [0, 0.05) is 44.1 Å². The van der Waals surface area contributed by atoms with Gasteiger partial charge in [-0.2, -0.15) is 0 Å². The van der Waals surface area contributed by atoms with Crippen molar-refractivity contribution >= 4 is 35.7 Å². The minimum Gasteiger partial charge on any atom is -0.463 e. The zero-order valence-electron chi connectivity index (χ0n) is 33.0. The lowest BCUT2D eigenvalue weighted by Crippen LogP contribution is -2.46. The van der Waals surface area contributed by atoms with E-state index in [2.05, 4.69) is 56.9 Å². The molecule has 0 unspecified atom stereocenters. The van der Waals surface area contributed by atoms with Crippen molar-refractivity contribution in [3.63, 3.8) is 0 Å². The Labute approximate surface area is 302 Å². The summed E-state index contributed by atoms with van der Waals surface area (Å²) in [7, 11) is 0. The zero-order valence-corrected chi connectivity index (χ0v) is 32.0. The van der Waals surface area contributed by atoms with E-state index in [9.17, 15) is 28.8 Å². The Bertz CT molecular complexity index is 1270. The lowest BCUT2D eigenvalue weighted by molar-refractivity contribution is -0.133. The molecule has 0 bridgehead atoms. The number of nitrogens with two attached hydrogens (primary N) is 1. The van der Waals surface area contributed by atoms with E-state index in [1.165, 1.54) is 0 Å². The molecule has 0 saturated heterocycles. The third kappa shape index (κ3) is 20.2. The molecule has 2 atom stereocenters. The first kappa shape index (κ1) is 42.6. The second-order valence-electron chi connectivity index (χ2n) is 16.5. The highest BCUT2D eigenvalue weighted by Gasteiger charge is 2.30. The number of nitrogens with one attached hydrogen (secondary N) is 2. The summed E-state index contributed by atoms with van der Waals surface area (Å²) >= 11 is 0. The molecule has 4 N–H and O–H groups in total. The Morgan fingerprint density at radius 2 is 1.40 bits per heavy atom.